The molecule has 0 aromatic heterocycles. The van der Waals surface area contributed by atoms with E-state index in [1.807, 2.05) is 0 Å². The second kappa shape index (κ2) is 7.42. The fourth-order valence-electron chi connectivity index (χ4n) is 1.99. The van der Waals surface area contributed by atoms with Crippen LogP contribution in [0, 0.1) is 0 Å². The number of unbranched alkanes of at least 4 members (excludes halogenated alkanes) is 1. The van der Waals surface area contributed by atoms with Crippen LogP contribution in [-0.2, 0) is 6.42 Å². The quantitative estimate of drug-likeness (QED) is 0.674. The Morgan fingerprint density at radius 1 is 1.17 bits per heavy atom. The van der Waals surface area contributed by atoms with Crippen LogP contribution in [0.15, 0.2) is 24.3 Å². The average molecular weight is 247 g/mol. The molecule has 0 radical (unpaired) electrons. The van der Waals surface area contributed by atoms with Crippen molar-refractivity contribution >= 4 is 0 Å². The van der Waals surface area contributed by atoms with Crippen LogP contribution in [0.4, 0.5) is 0 Å². The molecular weight excluding hydrogens is 222 g/mol. The second-order valence-corrected chi connectivity index (χ2v) is 5.18. The van der Waals surface area contributed by atoms with Gasteiger partial charge in [0.25, 0.3) is 0 Å². The summed E-state index contributed by atoms with van der Waals surface area (Å²) in [5.41, 5.74) is 1.42. The van der Waals surface area contributed by atoms with Crippen LogP contribution < -0.4 is 10.1 Å². The van der Waals surface area contributed by atoms with Gasteiger partial charge in [0.2, 0.25) is 0 Å². The highest BCUT2D eigenvalue weighted by atomic mass is 16.5. The van der Waals surface area contributed by atoms with E-state index in [9.17, 15) is 0 Å². The molecule has 1 fully saturated rings. The van der Waals surface area contributed by atoms with E-state index in [0.29, 0.717) is 0 Å². The zero-order valence-electron chi connectivity index (χ0n) is 11.5. The number of benzene rings is 1. The Labute approximate surface area is 111 Å². The topological polar surface area (TPSA) is 21.3 Å². The first kappa shape index (κ1) is 13.4. The van der Waals surface area contributed by atoms with Crippen molar-refractivity contribution < 1.29 is 4.74 Å². The zero-order chi connectivity index (χ0) is 12.6. The molecule has 0 heterocycles. The number of hydrogen-bond acceptors (Lipinski definition) is 2. The lowest BCUT2D eigenvalue weighted by Crippen LogP contribution is -2.19. The zero-order valence-corrected chi connectivity index (χ0v) is 11.5. The largest absolute Gasteiger partial charge is 0.494 e. The standard InChI is InChI=1S/C16H25NO/c1-2-3-5-14-6-10-16(11-7-14)18-13-4-12-17-15-8-9-15/h6-7,10-11,15,17H,2-5,8-9,12-13H2,1H3. The van der Waals surface area contributed by atoms with Gasteiger partial charge >= 0.3 is 0 Å². The molecular formula is C16H25NO. The van der Waals surface area contributed by atoms with E-state index in [1.165, 1.54) is 37.7 Å². The minimum atomic E-state index is 0.808. The van der Waals surface area contributed by atoms with Crippen LogP contribution in [0.2, 0.25) is 0 Å². The summed E-state index contributed by atoms with van der Waals surface area (Å²) < 4.78 is 5.73. The van der Waals surface area contributed by atoms with E-state index >= 15 is 0 Å². The van der Waals surface area contributed by atoms with Gasteiger partial charge in [0.1, 0.15) is 5.75 Å². The molecule has 1 aliphatic carbocycles. The predicted molar refractivity (Wildman–Crippen MR) is 76.2 cm³/mol. The molecule has 2 rings (SSSR count). The van der Waals surface area contributed by atoms with Crippen molar-refractivity contribution in [3.05, 3.63) is 29.8 Å². The third-order valence-electron chi connectivity index (χ3n) is 3.34. The summed E-state index contributed by atoms with van der Waals surface area (Å²) in [7, 11) is 0. The summed E-state index contributed by atoms with van der Waals surface area (Å²) in [4.78, 5) is 0. The number of rotatable bonds is 9. The molecule has 1 saturated carbocycles. The molecule has 1 aliphatic rings. The van der Waals surface area contributed by atoms with Gasteiger partial charge in [0.15, 0.2) is 0 Å². The number of ether oxygens (including phenoxy) is 1. The van der Waals surface area contributed by atoms with Crippen LogP contribution in [0.25, 0.3) is 0 Å². The van der Waals surface area contributed by atoms with Crippen LogP contribution in [-0.4, -0.2) is 19.2 Å². The van der Waals surface area contributed by atoms with Crippen LogP contribution in [0.3, 0.4) is 0 Å². The highest BCUT2D eigenvalue weighted by molar-refractivity contribution is 5.27. The first-order valence-electron chi connectivity index (χ1n) is 7.33. The molecule has 100 valence electrons. The Morgan fingerprint density at radius 3 is 2.61 bits per heavy atom. The monoisotopic (exact) mass is 247 g/mol. The van der Waals surface area contributed by atoms with E-state index in [4.69, 9.17) is 4.74 Å². The molecule has 0 unspecified atom stereocenters. The van der Waals surface area contributed by atoms with Crippen molar-refractivity contribution in [1.82, 2.24) is 5.32 Å². The van der Waals surface area contributed by atoms with Gasteiger partial charge in [-0.15, -0.1) is 0 Å². The molecule has 1 N–H and O–H groups in total. The predicted octanol–water partition coefficient (Wildman–Crippen LogP) is 3.55. The van der Waals surface area contributed by atoms with Crippen LogP contribution in [0.5, 0.6) is 5.75 Å². The first-order chi connectivity index (χ1) is 8.88. The second-order valence-electron chi connectivity index (χ2n) is 5.18. The van der Waals surface area contributed by atoms with E-state index < -0.39 is 0 Å². The lowest BCUT2D eigenvalue weighted by atomic mass is 10.1. The maximum atomic E-state index is 5.73. The molecule has 0 saturated heterocycles. The van der Waals surface area contributed by atoms with E-state index in [0.717, 1.165) is 31.4 Å². The molecule has 0 atom stereocenters. The van der Waals surface area contributed by atoms with E-state index in [-0.39, 0.29) is 0 Å². The molecule has 0 spiro atoms. The Morgan fingerprint density at radius 2 is 1.94 bits per heavy atom. The first-order valence-corrected chi connectivity index (χ1v) is 7.33. The minimum absolute atomic E-state index is 0.808. The van der Waals surface area contributed by atoms with Gasteiger partial charge in [-0.2, -0.15) is 0 Å². The average Bonchev–Trinajstić information content (AvgIpc) is 3.21. The molecule has 0 aliphatic heterocycles. The normalized spacial score (nSPS) is 14.7. The molecule has 2 heteroatoms. The number of aryl methyl sites for hydroxylation is 1. The van der Waals surface area contributed by atoms with Crippen molar-refractivity contribution in [2.75, 3.05) is 13.2 Å². The summed E-state index contributed by atoms with van der Waals surface area (Å²) in [5, 5.41) is 3.50. The van der Waals surface area contributed by atoms with E-state index in [2.05, 4.69) is 36.5 Å². The lowest BCUT2D eigenvalue weighted by Gasteiger charge is -2.07. The van der Waals surface area contributed by atoms with Gasteiger partial charge in [0.05, 0.1) is 6.61 Å². The van der Waals surface area contributed by atoms with Gasteiger partial charge in [-0.3, -0.25) is 0 Å². The molecule has 1 aromatic carbocycles. The Bertz CT molecular complexity index is 329. The summed E-state index contributed by atoms with van der Waals surface area (Å²) in [6.07, 6.45) is 7.52. The Kier molecular flexibility index (Phi) is 5.53. The summed E-state index contributed by atoms with van der Waals surface area (Å²) in [5.74, 6) is 1.00. The fraction of sp³-hybridized carbons (Fsp3) is 0.625. The van der Waals surface area contributed by atoms with Crippen molar-refractivity contribution in [3.63, 3.8) is 0 Å². The van der Waals surface area contributed by atoms with Gasteiger partial charge in [0, 0.05) is 6.04 Å². The summed E-state index contributed by atoms with van der Waals surface area (Å²) in [6.45, 7) is 4.13. The van der Waals surface area contributed by atoms with Gasteiger partial charge < -0.3 is 10.1 Å². The number of hydrogen-bond donors (Lipinski definition) is 1. The van der Waals surface area contributed by atoms with Gasteiger partial charge in [-0.25, -0.2) is 0 Å². The maximum absolute atomic E-state index is 5.73. The summed E-state index contributed by atoms with van der Waals surface area (Å²) in [6, 6.07) is 9.38. The molecule has 2 nitrogen and oxygen atoms in total. The highest BCUT2D eigenvalue weighted by Gasteiger charge is 2.19. The minimum Gasteiger partial charge on any atom is -0.494 e. The van der Waals surface area contributed by atoms with Crippen molar-refractivity contribution in [3.8, 4) is 5.75 Å². The van der Waals surface area contributed by atoms with Crippen molar-refractivity contribution in [2.45, 2.75) is 51.5 Å². The Hall–Kier alpha value is -1.02. The molecule has 0 bridgehead atoms. The van der Waals surface area contributed by atoms with Crippen LogP contribution in [0.1, 0.15) is 44.6 Å². The molecule has 0 amide bonds. The van der Waals surface area contributed by atoms with Crippen molar-refractivity contribution in [2.24, 2.45) is 0 Å². The SMILES string of the molecule is CCCCc1ccc(OCCCNC2CC2)cc1. The molecule has 1 aromatic rings. The molecule has 18 heavy (non-hydrogen) atoms. The lowest BCUT2D eigenvalue weighted by molar-refractivity contribution is 0.308. The van der Waals surface area contributed by atoms with E-state index in [1.54, 1.807) is 0 Å². The third-order valence-corrected chi connectivity index (χ3v) is 3.34. The number of nitrogens with one attached hydrogen (secondary N) is 1. The Balaban J connectivity index is 1.59. The van der Waals surface area contributed by atoms with Crippen LogP contribution >= 0.6 is 0 Å². The van der Waals surface area contributed by atoms with Gasteiger partial charge in [-0.05, 0) is 56.3 Å². The highest BCUT2D eigenvalue weighted by Crippen LogP contribution is 2.18. The van der Waals surface area contributed by atoms with Crippen molar-refractivity contribution in [1.29, 1.82) is 0 Å². The summed E-state index contributed by atoms with van der Waals surface area (Å²) >= 11 is 0. The maximum Gasteiger partial charge on any atom is 0.119 e. The third kappa shape index (κ3) is 5.09. The fourth-order valence-corrected chi connectivity index (χ4v) is 1.99. The smallest absolute Gasteiger partial charge is 0.119 e. The van der Waals surface area contributed by atoms with Gasteiger partial charge in [-0.1, -0.05) is 25.5 Å².